The van der Waals surface area contributed by atoms with Gasteiger partial charge in [-0.3, -0.25) is 4.79 Å². The average Bonchev–Trinajstić information content (AvgIpc) is 2.14. The number of hydrogen-bond donors (Lipinski definition) is 2. The molecule has 1 aromatic carbocycles. The predicted octanol–water partition coefficient (Wildman–Crippen LogP) is 1.65. The second-order valence-corrected chi connectivity index (χ2v) is 3.76. The summed E-state index contributed by atoms with van der Waals surface area (Å²) in [5, 5.41) is 19.2. The first-order valence-corrected chi connectivity index (χ1v) is 4.65. The first-order chi connectivity index (χ1) is 6.61. The number of aliphatic hydroxyl groups excluding tert-OH is 1. The Balaban J connectivity index is 2.61. The monoisotopic (exact) mass is 192 g/mol. The molecule has 3 heteroatoms. The molecule has 1 aliphatic rings. The van der Waals surface area contributed by atoms with Crippen LogP contribution in [0.5, 0.6) is 5.75 Å². The van der Waals surface area contributed by atoms with E-state index >= 15 is 0 Å². The first-order valence-electron chi connectivity index (χ1n) is 4.65. The highest BCUT2D eigenvalue weighted by molar-refractivity contribution is 6.00. The Morgan fingerprint density at radius 3 is 2.86 bits per heavy atom. The highest BCUT2D eigenvalue weighted by Gasteiger charge is 2.31. The van der Waals surface area contributed by atoms with Gasteiger partial charge in [0.15, 0.2) is 5.78 Å². The summed E-state index contributed by atoms with van der Waals surface area (Å²) in [5.74, 6) is -0.157. The fourth-order valence-electron chi connectivity index (χ4n) is 1.94. The molecule has 2 atom stereocenters. The summed E-state index contributed by atoms with van der Waals surface area (Å²) in [6.07, 6.45) is -0.331. The van der Waals surface area contributed by atoms with Crippen molar-refractivity contribution in [3.05, 3.63) is 29.3 Å². The molecule has 0 saturated heterocycles. The molecule has 0 fully saturated rings. The second kappa shape index (κ2) is 3.10. The smallest absolute Gasteiger partial charge is 0.166 e. The fraction of sp³-hybridized carbons (Fsp3) is 0.364. The Kier molecular flexibility index (Phi) is 2.04. The summed E-state index contributed by atoms with van der Waals surface area (Å²) in [7, 11) is 0. The summed E-state index contributed by atoms with van der Waals surface area (Å²) in [6.45, 7) is 1.79. The molecule has 0 heterocycles. The van der Waals surface area contributed by atoms with Gasteiger partial charge in [0.05, 0.1) is 6.10 Å². The zero-order chi connectivity index (χ0) is 10.3. The zero-order valence-electron chi connectivity index (χ0n) is 7.90. The van der Waals surface area contributed by atoms with Gasteiger partial charge in [0.1, 0.15) is 5.75 Å². The largest absolute Gasteiger partial charge is 0.508 e. The number of carbonyl (C=O) groups excluding carboxylic acids is 1. The molecular formula is C11H12O3. The van der Waals surface area contributed by atoms with E-state index in [1.807, 2.05) is 0 Å². The average molecular weight is 192 g/mol. The van der Waals surface area contributed by atoms with E-state index in [0.717, 1.165) is 0 Å². The molecule has 3 nitrogen and oxygen atoms in total. The molecule has 0 aromatic heterocycles. The van der Waals surface area contributed by atoms with Crippen LogP contribution in [0.3, 0.4) is 0 Å². The van der Waals surface area contributed by atoms with Crippen LogP contribution in [0.4, 0.5) is 0 Å². The van der Waals surface area contributed by atoms with Crippen molar-refractivity contribution in [2.24, 2.45) is 5.92 Å². The number of aromatic hydroxyl groups is 1. The van der Waals surface area contributed by atoms with E-state index < -0.39 is 6.10 Å². The Bertz CT molecular complexity index is 384. The van der Waals surface area contributed by atoms with Crippen molar-refractivity contribution >= 4 is 5.78 Å². The molecule has 2 N–H and O–H groups in total. The van der Waals surface area contributed by atoms with Crippen molar-refractivity contribution in [1.29, 1.82) is 0 Å². The molecule has 0 radical (unpaired) electrons. The van der Waals surface area contributed by atoms with Crippen molar-refractivity contribution in [3.63, 3.8) is 0 Å². The Hall–Kier alpha value is -1.35. The number of phenolic OH excluding ortho intramolecular Hbond substituents is 1. The molecule has 0 unspecified atom stereocenters. The number of phenols is 1. The van der Waals surface area contributed by atoms with Gasteiger partial charge < -0.3 is 10.2 Å². The zero-order valence-corrected chi connectivity index (χ0v) is 7.90. The maximum Gasteiger partial charge on any atom is 0.166 e. The first kappa shape index (κ1) is 9.21. The van der Waals surface area contributed by atoms with Crippen LogP contribution in [-0.4, -0.2) is 16.0 Å². The third kappa shape index (κ3) is 1.21. The van der Waals surface area contributed by atoms with E-state index in [9.17, 15) is 15.0 Å². The van der Waals surface area contributed by atoms with Gasteiger partial charge in [0, 0.05) is 17.0 Å². The molecule has 0 spiro atoms. The molecule has 0 saturated carbocycles. The standard InChI is InChI=1S/C11H12O3/c1-6-5-9(13)10-7(11(6)14)3-2-4-8(10)12/h2-4,6,9,12-13H,5H2,1H3/t6-,9+/m0/s1. The highest BCUT2D eigenvalue weighted by Crippen LogP contribution is 2.37. The summed E-state index contributed by atoms with van der Waals surface area (Å²) in [6, 6.07) is 4.76. The molecule has 14 heavy (non-hydrogen) atoms. The van der Waals surface area contributed by atoms with Crippen molar-refractivity contribution in [2.75, 3.05) is 0 Å². The number of Topliss-reactive ketones (excluding diaryl/α,β-unsaturated/α-hetero) is 1. The molecule has 1 aliphatic carbocycles. The van der Waals surface area contributed by atoms with E-state index in [1.54, 1.807) is 19.1 Å². The maximum absolute atomic E-state index is 11.7. The third-order valence-electron chi connectivity index (χ3n) is 2.71. The van der Waals surface area contributed by atoms with Crippen molar-refractivity contribution in [3.8, 4) is 5.75 Å². The van der Waals surface area contributed by atoms with Gasteiger partial charge in [-0.2, -0.15) is 0 Å². The molecule has 1 aromatic rings. The lowest BCUT2D eigenvalue weighted by atomic mass is 9.81. The second-order valence-electron chi connectivity index (χ2n) is 3.76. The molecule has 74 valence electrons. The number of rotatable bonds is 0. The maximum atomic E-state index is 11.7. The van der Waals surface area contributed by atoms with Crippen LogP contribution in [0.15, 0.2) is 18.2 Å². The lowest BCUT2D eigenvalue weighted by Gasteiger charge is -2.25. The Morgan fingerprint density at radius 1 is 1.43 bits per heavy atom. The SMILES string of the molecule is C[C@H]1C[C@@H](O)c2c(O)cccc2C1=O. The van der Waals surface area contributed by atoms with Gasteiger partial charge in [0.25, 0.3) is 0 Å². The van der Waals surface area contributed by atoms with Gasteiger partial charge >= 0.3 is 0 Å². The normalized spacial score (nSPS) is 26.0. The van der Waals surface area contributed by atoms with Gasteiger partial charge in [-0.1, -0.05) is 19.1 Å². The molecular weight excluding hydrogens is 180 g/mol. The summed E-state index contributed by atoms with van der Waals surface area (Å²) in [5.41, 5.74) is 0.840. The van der Waals surface area contributed by atoms with Crippen molar-refractivity contribution in [1.82, 2.24) is 0 Å². The minimum absolute atomic E-state index is 0.00111. The number of carbonyl (C=O) groups is 1. The molecule has 0 bridgehead atoms. The van der Waals surface area contributed by atoms with Gasteiger partial charge in [-0.05, 0) is 12.5 Å². The number of ketones is 1. The quantitative estimate of drug-likeness (QED) is 0.657. The van der Waals surface area contributed by atoms with E-state index in [0.29, 0.717) is 17.5 Å². The van der Waals surface area contributed by atoms with Crippen LogP contribution in [0.1, 0.15) is 35.4 Å². The third-order valence-corrected chi connectivity index (χ3v) is 2.71. The summed E-state index contributed by atoms with van der Waals surface area (Å²) < 4.78 is 0. The van der Waals surface area contributed by atoms with Crippen LogP contribution in [0.2, 0.25) is 0 Å². The number of fused-ring (bicyclic) bond motifs is 1. The molecule has 0 aliphatic heterocycles. The van der Waals surface area contributed by atoms with Crippen molar-refractivity contribution in [2.45, 2.75) is 19.4 Å². The van der Waals surface area contributed by atoms with Crippen LogP contribution in [0.25, 0.3) is 0 Å². The van der Waals surface area contributed by atoms with E-state index in [2.05, 4.69) is 0 Å². The number of hydrogen-bond acceptors (Lipinski definition) is 3. The van der Waals surface area contributed by atoms with E-state index in [4.69, 9.17) is 0 Å². The molecule has 0 amide bonds. The lowest BCUT2D eigenvalue weighted by molar-refractivity contribution is 0.0789. The predicted molar refractivity (Wildman–Crippen MR) is 51.2 cm³/mol. The number of aliphatic hydroxyl groups is 1. The van der Waals surface area contributed by atoms with E-state index in [-0.39, 0.29) is 17.5 Å². The van der Waals surface area contributed by atoms with Gasteiger partial charge in [-0.25, -0.2) is 0 Å². The minimum atomic E-state index is -0.723. The topological polar surface area (TPSA) is 57.5 Å². The fourth-order valence-corrected chi connectivity index (χ4v) is 1.94. The summed E-state index contributed by atoms with van der Waals surface area (Å²) >= 11 is 0. The Labute approximate surface area is 82.0 Å². The molecule has 2 rings (SSSR count). The Morgan fingerprint density at radius 2 is 2.14 bits per heavy atom. The van der Waals surface area contributed by atoms with Crippen LogP contribution >= 0.6 is 0 Å². The van der Waals surface area contributed by atoms with E-state index in [1.165, 1.54) is 6.07 Å². The van der Waals surface area contributed by atoms with Crippen LogP contribution in [0, 0.1) is 5.92 Å². The van der Waals surface area contributed by atoms with Crippen LogP contribution in [-0.2, 0) is 0 Å². The van der Waals surface area contributed by atoms with Crippen LogP contribution < -0.4 is 0 Å². The van der Waals surface area contributed by atoms with Gasteiger partial charge in [0.2, 0.25) is 0 Å². The van der Waals surface area contributed by atoms with Gasteiger partial charge in [-0.15, -0.1) is 0 Å². The summed E-state index contributed by atoms with van der Waals surface area (Å²) in [4.78, 5) is 11.7. The van der Waals surface area contributed by atoms with Crippen molar-refractivity contribution < 1.29 is 15.0 Å². The lowest BCUT2D eigenvalue weighted by Crippen LogP contribution is -2.23. The highest BCUT2D eigenvalue weighted by atomic mass is 16.3. The number of benzene rings is 1. The minimum Gasteiger partial charge on any atom is -0.508 e.